The average Bonchev–Trinajstić information content (AvgIpc) is 2.76. The third-order valence-corrected chi connectivity index (χ3v) is 5.87. The van der Waals surface area contributed by atoms with Gasteiger partial charge in [0.1, 0.15) is 5.75 Å². The Hall–Kier alpha value is -2.93. The molecule has 1 aliphatic heterocycles. The molecule has 0 fully saturated rings. The van der Waals surface area contributed by atoms with Crippen molar-refractivity contribution in [2.75, 3.05) is 27.9 Å². The number of ether oxygens (including phenoxy) is 3. The maximum Gasteiger partial charge on any atom is 0.315 e. The minimum Gasteiger partial charge on any atom is -0.497 e. The first kappa shape index (κ1) is 24.7. The van der Waals surface area contributed by atoms with E-state index in [4.69, 9.17) is 14.2 Å². The minimum absolute atomic E-state index is 0.0366. The Labute approximate surface area is 197 Å². The first-order chi connectivity index (χ1) is 15.6. The van der Waals surface area contributed by atoms with Gasteiger partial charge in [-0.1, -0.05) is 12.1 Å². The summed E-state index contributed by atoms with van der Waals surface area (Å²) in [6.07, 6.45) is 0.886. The summed E-state index contributed by atoms with van der Waals surface area (Å²) in [6, 6.07) is 11.9. The Balaban J connectivity index is 1.96. The smallest absolute Gasteiger partial charge is 0.315 e. The molecule has 7 nitrogen and oxygen atoms in total. The van der Waals surface area contributed by atoms with E-state index in [2.05, 4.69) is 46.7 Å². The Morgan fingerprint density at radius 2 is 1.79 bits per heavy atom. The summed E-state index contributed by atoms with van der Waals surface area (Å²) in [5, 5.41) is 6.17. The second-order valence-electron chi connectivity index (χ2n) is 9.56. The molecule has 0 unspecified atom stereocenters. The van der Waals surface area contributed by atoms with Crippen LogP contribution < -0.4 is 24.8 Å². The topological polar surface area (TPSA) is 72.1 Å². The van der Waals surface area contributed by atoms with Crippen LogP contribution in [0.1, 0.15) is 50.4 Å². The molecular weight excluding hydrogens is 418 g/mol. The molecular formula is C26H37N3O4. The van der Waals surface area contributed by atoms with Crippen LogP contribution in [-0.4, -0.2) is 50.4 Å². The van der Waals surface area contributed by atoms with E-state index in [1.807, 2.05) is 32.9 Å². The fourth-order valence-electron chi connectivity index (χ4n) is 4.46. The van der Waals surface area contributed by atoms with Gasteiger partial charge in [0, 0.05) is 24.7 Å². The van der Waals surface area contributed by atoms with Gasteiger partial charge in [0.15, 0.2) is 11.5 Å². The van der Waals surface area contributed by atoms with E-state index < -0.39 is 0 Å². The predicted octanol–water partition coefficient (Wildman–Crippen LogP) is 4.30. The van der Waals surface area contributed by atoms with Gasteiger partial charge >= 0.3 is 6.03 Å². The van der Waals surface area contributed by atoms with Crippen LogP contribution in [0.15, 0.2) is 36.4 Å². The molecule has 0 bridgehead atoms. The molecule has 1 heterocycles. The first-order valence-electron chi connectivity index (χ1n) is 11.4. The highest BCUT2D eigenvalue weighted by Crippen LogP contribution is 2.40. The van der Waals surface area contributed by atoms with Crippen LogP contribution in [0.2, 0.25) is 0 Å². The number of benzene rings is 2. The summed E-state index contributed by atoms with van der Waals surface area (Å²) in [5.41, 5.74) is 3.20. The van der Waals surface area contributed by atoms with Gasteiger partial charge in [-0.3, -0.25) is 4.90 Å². The molecule has 1 aliphatic rings. The Kier molecular flexibility index (Phi) is 7.74. The number of nitrogens with zero attached hydrogens (tertiary/aromatic N) is 1. The standard InChI is InChI=1S/C26H37N3O4/c1-17(27-25(30)28-26(2,3)4)24-21-15-23(33-7)22(32-6)14-19(21)11-12-29(24)16-18-9-8-10-20(13-18)31-5/h8-10,13-15,17,24H,11-12,16H2,1-7H3,(H2,27,28,30)/t17-,24-/m0/s1. The molecule has 2 N–H and O–H groups in total. The first-order valence-corrected chi connectivity index (χ1v) is 11.4. The summed E-state index contributed by atoms with van der Waals surface area (Å²) in [7, 11) is 4.98. The van der Waals surface area contributed by atoms with Crippen molar-refractivity contribution in [1.29, 1.82) is 0 Å². The van der Waals surface area contributed by atoms with E-state index in [1.165, 1.54) is 5.56 Å². The van der Waals surface area contributed by atoms with Gasteiger partial charge in [0.05, 0.1) is 27.4 Å². The Morgan fingerprint density at radius 3 is 2.42 bits per heavy atom. The molecule has 2 aromatic rings. The van der Waals surface area contributed by atoms with E-state index in [-0.39, 0.29) is 23.7 Å². The predicted molar refractivity (Wildman–Crippen MR) is 130 cm³/mol. The van der Waals surface area contributed by atoms with E-state index in [1.54, 1.807) is 21.3 Å². The van der Waals surface area contributed by atoms with Crippen molar-refractivity contribution in [2.45, 2.75) is 58.3 Å². The maximum atomic E-state index is 12.7. The van der Waals surface area contributed by atoms with Crippen molar-refractivity contribution in [3.63, 3.8) is 0 Å². The SMILES string of the molecule is COc1cccc(CN2CCc3cc(OC)c(OC)cc3[C@@H]2[C@H](C)NC(=O)NC(C)(C)C)c1. The summed E-state index contributed by atoms with van der Waals surface area (Å²) in [4.78, 5) is 15.1. The van der Waals surface area contributed by atoms with Crippen LogP contribution >= 0.6 is 0 Å². The molecule has 3 rings (SSSR count). The third-order valence-electron chi connectivity index (χ3n) is 5.87. The van der Waals surface area contributed by atoms with E-state index >= 15 is 0 Å². The highest BCUT2D eigenvalue weighted by atomic mass is 16.5. The quantitative estimate of drug-likeness (QED) is 0.651. The molecule has 0 aliphatic carbocycles. The Bertz CT molecular complexity index is 970. The molecule has 180 valence electrons. The Morgan fingerprint density at radius 1 is 1.09 bits per heavy atom. The lowest BCUT2D eigenvalue weighted by Gasteiger charge is -2.41. The molecule has 0 aromatic heterocycles. The second kappa shape index (κ2) is 10.3. The average molecular weight is 456 g/mol. The van der Waals surface area contributed by atoms with E-state index in [0.29, 0.717) is 5.75 Å². The highest BCUT2D eigenvalue weighted by Gasteiger charge is 2.34. The van der Waals surface area contributed by atoms with Crippen molar-refractivity contribution in [1.82, 2.24) is 15.5 Å². The van der Waals surface area contributed by atoms with Crippen LogP contribution in [-0.2, 0) is 13.0 Å². The van der Waals surface area contributed by atoms with Crippen LogP contribution in [0.3, 0.4) is 0 Å². The fourth-order valence-corrected chi connectivity index (χ4v) is 4.46. The number of carbonyl (C=O) groups excluding carboxylic acids is 1. The zero-order chi connectivity index (χ0) is 24.2. The maximum absolute atomic E-state index is 12.7. The van der Waals surface area contributed by atoms with Gasteiger partial charge in [-0.05, 0) is 75.1 Å². The molecule has 0 radical (unpaired) electrons. The van der Waals surface area contributed by atoms with Crippen molar-refractivity contribution in [3.05, 3.63) is 53.1 Å². The molecule has 2 aromatic carbocycles. The largest absolute Gasteiger partial charge is 0.497 e. The van der Waals surface area contributed by atoms with Crippen molar-refractivity contribution < 1.29 is 19.0 Å². The normalized spacial score (nSPS) is 17.0. The number of nitrogens with one attached hydrogen (secondary N) is 2. The summed E-state index contributed by atoms with van der Waals surface area (Å²) in [5.74, 6) is 2.25. The fraction of sp³-hybridized carbons (Fsp3) is 0.500. The number of fused-ring (bicyclic) bond motifs is 1. The molecule has 0 saturated heterocycles. The third kappa shape index (κ3) is 6.11. The summed E-state index contributed by atoms with van der Waals surface area (Å²) >= 11 is 0. The molecule has 2 atom stereocenters. The van der Waals surface area contributed by atoms with Gasteiger partial charge in [-0.25, -0.2) is 4.79 Å². The van der Waals surface area contributed by atoms with Gasteiger partial charge in [-0.15, -0.1) is 0 Å². The lowest BCUT2D eigenvalue weighted by atomic mass is 9.87. The van der Waals surface area contributed by atoms with Gasteiger partial charge in [0.25, 0.3) is 0 Å². The van der Waals surface area contributed by atoms with Crippen LogP contribution in [0, 0.1) is 0 Å². The number of urea groups is 1. The van der Waals surface area contributed by atoms with E-state index in [0.717, 1.165) is 42.1 Å². The van der Waals surface area contributed by atoms with Crippen molar-refractivity contribution in [3.8, 4) is 17.2 Å². The number of rotatable bonds is 7. The molecule has 33 heavy (non-hydrogen) atoms. The monoisotopic (exact) mass is 455 g/mol. The van der Waals surface area contributed by atoms with Crippen LogP contribution in [0.25, 0.3) is 0 Å². The number of amides is 2. The van der Waals surface area contributed by atoms with Gasteiger partial charge < -0.3 is 24.8 Å². The summed E-state index contributed by atoms with van der Waals surface area (Å²) < 4.78 is 16.5. The van der Waals surface area contributed by atoms with E-state index in [9.17, 15) is 4.79 Å². The summed E-state index contributed by atoms with van der Waals surface area (Å²) in [6.45, 7) is 9.56. The highest BCUT2D eigenvalue weighted by molar-refractivity contribution is 5.75. The number of hydrogen-bond acceptors (Lipinski definition) is 5. The van der Waals surface area contributed by atoms with Crippen molar-refractivity contribution >= 4 is 6.03 Å². The van der Waals surface area contributed by atoms with Gasteiger partial charge in [0.2, 0.25) is 0 Å². The lowest BCUT2D eigenvalue weighted by molar-refractivity contribution is 0.142. The second-order valence-corrected chi connectivity index (χ2v) is 9.56. The lowest BCUT2D eigenvalue weighted by Crippen LogP contribution is -2.53. The molecule has 7 heteroatoms. The van der Waals surface area contributed by atoms with Crippen LogP contribution in [0.4, 0.5) is 4.79 Å². The molecule has 2 amide bonds. The molecule has 0 saturated carbocycles. The number of carbonyl (C=O) groups is 1. The zero-order valence-electron chi connectivity index (χ0n) is 20.8. The van der Waals surface area contributed by atoms with Gasteiger partial charge in [-0.2, -0.15) is 0 Å². The molecule has 0 spiro atoms. The minimum atomic E-state index is -0.314. The number of hydrogen-bond donors (Lipinski definition) is 2. The zero-order valence-corrected chi connectivity index (χ0v) is 20.8. The number of methoxy groups -OCH3 is 3. The van der Waals surface area contributed by atoms with Crippen molar-refractivity contribution in [2.24, 2.45) is 0 Å². The van der Waals surface area contributed by atoms with Crippen LogP contribution in [0.5, 0.6) is 17.2 Å².